The minimum atomic E-state index is 0.204. The quantitative estimate of drug-likeness (QED) is 0.674. The molecule has 0 fully saturated rings. The van der Waals surface area contributed by atoms with Crippen LogP contribution in [0, 0.1) is 0 Å². The Bertz CT molecular complexity index is 371. The number of nitrogens with zero attached hydrogens (tertiary/aromatic N) is 1. The van der Waals surface area contributed by atoms with Gasteiger partial charge in [0.2, 0.25) is 0 Å². The summed E-state index contributed by atoms with van der Waals surface area (Å²) in [6, 6.07) is 6.05. The number of aliphatic imine (C=N–C) groups is 1. The number of benzene rings is 1. The van der Waals surface area contributed by atoms with Gasteiger partial charge in [0.1, 0.15) is 0 Å². The smallest absolute Gasteiger partial charge is 0.0983 e. The number of rotatable bonds is 0. The van der Waals surface area contributed by atoms with Gasteiger partial charge in [0.25, 0.3) is 0 Å². The summed E-state index contributed by atoms with van der Waals surface area (Å²) < 4.78 is 0. The molecule has 1 aliphatic heterocycles. The van der Waals surface area contributed by atoms with E-state index in [1.54, 1.807) is 0 Å². The van der Waals surface area contributed by atoms with Gasteiger partial charge in [-0.2, -0.15) is 0 Å². The highest BCUT2D eigenvalue weighted by atomic mass is 35.5. The average molecular weight is 195 g/mol. The fraction of sp³-hybridized carbons (Fsp3) is 0.300. The molecule has 0 aliphatic carbocycles. The van der Waals surface area contributed by atoms with E-state index >= 15 is 0 Å². The van der Waals surface area contributed by atoms with Crippen molar-refractivity contribution < 1.29 is 0 Å². The van der Waals surface area contributed by atoms with Crippen LogP contribution in [0.1, 0.15) is 25.5 Å². The maximum atomic E-state index is 5.90. The molecule has 1 heterocycles. The van der Waals surface area contributed by atoms with Gasteiger partial charge in [0, 0.05) is 16.3 Å². The van der Waals surface area contributed by atoms with Crippen LogP contribution in [0.2, 0.25) is 5.02 Å². The van der Waals surface area contributed by atoms with Gasteiger partial charge in [-0.15, -0.1) is 0 Å². The molecule has 0 amide bonds. The lowest BCUT2D eigenvalue weighted by Gasteiger charge is -2.21. The highest BCUT2D eigenvalue weighted by Crippen LogP contribution is 2.31. The van der Waals surface area contributed by atoms with Crippen LogP contribution in [-0.2, 0) is 0 Å². The number of amidine groups is 1. The highest BCUT2D eigenvalue weighted by Gasteiger charge is 2.15. The van der Waals surface area contributed by atoms with Gasteiger partial charge in [-0.05, 0) is 32.0 Å². The van der Waals surface area contributed by atoms with Crippen LogP contribution in [0.15, 0.2) is 23.2 Å². The van der Waals surface area contributed by atoms with Crippen molar-refractivity contribution in [2.24, 2.45) is 4.99 Å². The molecule has 1 unspecified atom stereocenters. The number of fused-ring (bicyclic) bond motifs is 1. The van der Waals surface area contributed by atoms with E-state index < -0.39 is 0 Å². The van der Waals surface area contributed by atoms with Crippen LogP contribution in [0.4, 0.5) is 5.69 Å². The van der Waals surface area contributed by atoms with Gasteiger partial charge in [-0.1, -0.05) is 11.6 Å². The van der Waals surface area contributed by atoms with Crippen molar-refractivity contribution in [1.29, 1.82) is 0 Å². The van der Waals surface area contributed by atoms with E-state index in [1.165, 1.54) is 0 Å². The second-order valence-electron chi connectivity index (χ2n) is 3.25. The van der Waals surface area contributed by atoms with Crippen molar-refractivity contribution in [2.75, 3.05) is 5.32 Å². The topological polar surface area (TPSA) is 24.4 Å². The van der Waals surface area contributed by atoms with E-state index in [9.17, 15) is 0 Å². The number of hydrogen-bond acceptors (Lipinski definition) is 2. The normalized spacial score (nSPS) is 20.2. The number of hydrogen-bond donors (Lipinski definition) is 1. The van der Waals surface area contributed by atoms with Crippen LogP contribution < -0.4 is 5.32 Å². The van der Waals surface area contributed by atoms with Gasteiger partial charge < -0.3 is 5.32 Å². The molecular weight excluding hydrogens is 184 g/mol. The predicted molar refractivity (Wildman–Crippen MR) is 56.6 cm³/mol. The van der Waals surface area contributed by atoms with Gasteiger partial charge in [-0.3, -0.25) is 4.99 Å². The molecule has 68 valence electrons. The van der Waals surface area contributed by atoms with Crippen LogP contribution in [0.25, 0.3) is 0 Å². The summed E-state index contributed by atoms with van der Waals surface area (Å²) in [5.74, 6) is 0.960. The standard InChI is InChI=1S/C10H11ClN2/c1-6-9-5-8(11)3-4-10(9)13-7(2)12-6/h3-6H,1-2H3,(H,12,13). The van der Waals surface area contributed by atoms with Crippen molar-refractivity contribution in [2.45, 2.75) is 19.9 Å². The van der Waals surface area contributed by atoms with E-state index in [2.05, 4.69) is 17.2 Å². The molecule has 13 heavy (non-hydrogen) atoms. The largest absolute Gasteiger partial charge is 0.344 e. The molecule has 0 saturated heterocycles. The van der Waals surface area contributed by atoms with Crippen LogP contribution >= 0.6 is 11.6 Å². The number of anilines is 1. The summed E-state index contributed by atoms with van der Waals surface area (Å²) in [5.41, 5.74) is 2.28. The zero-order valence-corrected chi connectivity index (χ0v) is 8.39. The van der Waals surface area contributed by atoms with E-state index in [4.69, 9.17) is 11.6 Å². The first kappa shape index (κ1) is 8.57. The molecule has 0 saturated carbocycles. The molecule has 0 spiro atoms. The Labute approximate surface area is 82.6 Å². The second kappa shape index (κ2) is 3.04. The minimum absolute atomic E-state index is 0.204. The van der Waals surface area contributed by atoms with Crippen molar-refractivity contribution in [3.8, 4) is 0 Å². The van der Waals surface area contributed by atoms with Crippen molar-refractivity contribution in [3.05, 3.63) is 28.8 Å². The molecule has 1 aromatic carbocycles. The molecular formula is C10H11ClN2. The molecule has 2 nitrogen and oxygen atoms in total. The fourth-order valence-electron chi connectivity index (χ4n) is 1.58. The lowest BCUT2D eigenvalue weighted by atomic mass is 10.0. The molecule has 2 rings (SSSR count). The summed E-state index contributed by atoms with van der Waals surface area (Å²) in [7, 11) is 0. The maximum Gasteiger partial charge on any atom is 0.0983 e. The Balaban J connectivity index is 2.50. The zero-order valence-electron chi connectivity index (χ0n) is 7.63. The summed E-state index contributed by atoms with van der Waals surface area (Å²) in [6.07, 6.45) is 0. The summed E-state index contributed by atoms with van der Waals surface area (Å²) in [5, 5.41) is 3.97. The average Bonchev–Trinajstić information content (AvgIpc) is 2.06. The van der Waals surface area contributed by atoms with Crippen molar-refractivity contribution in [3.63, 3.8) is 0 Å². The van der Waals surface area contributed by atoms with Gasteiger partial charge in [0.15, 0.2) is 0 Å². The Morgan fingerprint density at radius 3 is 3.00 bits per heavy atom. The highest BCUT2D eigenvalue weighted by molar-refractivity contribution is 6.30. The van der Waals surface area contributed by atoms with Crippen LogP contribution in [0.3, 0.4) is 0 Å². The third-order valence-corrected chi connectivity index (χ3v) is 2.40. The van der Waals surface area contributed by atoms with E-state index in [1.807, 2.05) is 25.1 Å². The van der Waals surface area contributed by atoms with Gasteiger partial charge in [-0.25, -0.2) is 0 Å². The second-order valence-corrected chi connectivity index (χ2v) is 3.68. The molecule has 0 radical (unpaired) electrons. The van der Waals surface area contributed by atoms with Crippen molar-refractivity contribution in [1.82, 2.24) is 0 Å². The number of nitrogens with one attached hydrogen (secondary N) is 1. The SMILES string of the molecule is CC1=NC(C)c2cc(Cl)ccc2N1. The summed E-state index contributed by atoms with van der Waals surface area (Å²) in [4.78, 5) is 4.41. The lowest BCUT2D eigenvalue weighted by Crippen LogP contribution is -2.16. The monoisotopic (exact) mass is 194 g/mol. The first-order valence-corrected chi connectivity index (χ1v) is 4.65. The molecule has 0 bridgehead atoms. The van der Waals surface area contributed by atoms with E-state index in [-0.39, 0.29) is 6.04 Å². The Morgan fingerprint density at radius 1 is 1.46 bits per heavy atom. The minimum Gasteiger partial charge on any atom is -0.344 e. The predicted octanol–water partition coefficient (Wildman–Crippen LogP) is 3.24. The van der Waals surface area contributed by atoms with E-state index in [0.29, 0.717) is 0 Å². The molecule has 1 atom stereocenters. The van der Waals surface area contributed by atoms with E-state index in [0.717, 1.165) is 22.1 Å². The number of halogens is 1. The third kappa shape index (κ3) is 1.54. The van der Waals surface area contributed by atoms with Gasteiger partial charge >= 0.3 is 0 Å². The van der Waals surface area contributed by atoms with Crippen molar-refractivity contribution >= 4 is 23.1 Å². The van der Waals surface area contributed by atoms with Crippen LogP contribution in [0.5, 0.6) is 0 Å². The fourth-order valence-corrected chi connectivity index (χ4v) is 1.76. The Hall–Kier alpha value is -1.02. The molecule has 1 aliphatic rings. The summed E-state index contributed by atoms with van der Waals surface area (Å²) >= 11 is 5.90. The molecule has 1 N–H and O–H groups in total. The first-order chi connectivity index (χ1) is 6.16. The lowest BCUT2D eigenvalue weighted by molar-refractivity contribution is 0.811. The first-order valence-electron chi connectivity index (χ1n) is 4.27. The molecule has 1 aromatic rings. The molecule has 3 heteroatoms. The third-order valence-electron chi connectivity index (χ3n) is 2.17. The maximum absolute atomic E-state index is 5.90. The Morgan fingerprint density at radius 2 is 2.23 bits per heavy atom. The Kier molecular flexibility index (Phi) is 2.00. The summed E-state index contributed by atoms with van der Waals surface area (Å²) in [6.45, 7) is 4.04. The van der Waals surface area contributed by atoms with Crippen LogP contribution in [-0.4, -0.2) is 5.84 Å². The van der Waals surface area contributed by atoms with Gasteiger partial charge in [0.05, 0.1) is 11.9 Å². The molecule has 0 aromatic heterocycles. The zero-order chi connectivity index (χ0) is 9.42.